The molecule has 0 bridgehead atoms. The predicted molar refractivity (Wildman–Crippen MR) is 99.6 cm³/mol. The van der Waals surface area contributed by atoms with E-state index in [2.05, 4.69) is 15.3 Å². The van der Waals surface area contributed by atoms with Gasteiger partial charge < -0.3 is 4.90 Å². The first-order valence-corrected chi connectivity index (χ1v) is 9.06. The first-order chi connectivity index (χ1) is 13.0. The maximum absolute atomic E-state index is 14.0. The lowest BCUT2D eigenvalue weighted by molar-refractivity contribution is 0.0722. The van der Waals surface area contributed by atoms with Gasteiger partial charge in [-0.05, 0) is 38.8 Å². The van der Waals surface area contributed by atoms with E-state index < -0.39 is 0 Å². The Morgan fingerprint density at radius 2 is 2.07 bits per heavy atom. The van der Waals surface area contributed by atoms with Crippen LogP contribution in [0.5, 0.6) is 0 Å². The van der Waals surface area contributed by atoms with E-state index in [9.17, 15) is 9.18 Å². The second kappa shape index (κ2) is 6.64. The van der Waals surface area contributed by atoms with Gasteiger partial charge in [0.15, 0.2) is 0 Å². The number of benzene rings is 1. The van der Waals surface area contributed by atoms with E-state index in [1.807, 2.05) is 20.9 Å². The highest BCUT2D eigenvalue weighted by molar-refractivity contribution is 5.94. The van der Waals surface area contributed by atoms with E-state index in [1.165, 1.54) is 6.07 Å². The molecule has 140 valence electrons. The van der Waals surface area contributed by atoms with E-state index >= 15 is 0 Å². The fraction of sp³-hybridized carbons (Fsp3) is 0.350. The number of H-pyrrole nitrogens is 1. The summed E-state index contributed by atoms with van der Waals surface area (Å²) in [6, 6.07) is 8.51. The molecule has 0 spiro atoms. The summed E-state index contributed by atoms with van der Waals surface area (Å²) in [6.07, 6.45) is 1.89. The van der Waals surface area contributed by atoms with Gasteiger partial charge >= 0.3 is 0 Å². The number of aryl methyl sites for hydroxylation is 2. The Bertz CT molecular complexity index is 1000. The Kier molecular flexibility index (Phi) is 4.30. The highest BCUT2D eigenvalue weighted by atomic mass is 19.1. The van der Waals surface area contributed by atoms with Gasteiger partial charge in [0.05, 0.1) is 11.4 Å². The van der Waals surface area contributed by atoms with E-state index in [0.29, 0.717) is 17.0 Å². The second-order valence-electron chi connectivity index (χ2n) is 7.09. The third-order valence-electron chi connectivity index (χ3n) is 5.12. The van der Waals surface area contributed by atoms with E-state index in [-0.39, 0.29) is 24.3 Å². The molecule has 2 aromatic heterocycles. The molecule has 1 fully saturated rings. The van der Waals surface area contributed by atoms with Crippen LogP contribution in [0.2, 0.25) is 0 Å². The number of hydrogen-bond acceptors (Lipinski definition) is 3. The van der Waals surface area contributed by atoms with E-state index in [4.69, 9.17) is 0 Å². The topological polar surface area (TPSA) is 66.8 Å². The highest BCUT2D eigenvalue weighted by Gasteiger charge is 2.34. The van der Waals surface area contributed by atoms with Crippen molar-refractivity contribution in [1.29, 1.82) is 0 Å². The van der Waals surface area contributed by atoms with Crippen LogP contribution in [0.15, 0.2) is 30.3 Å². The summed E-state index contributed by atoms with van der Waals surface area (Å²) in [5.74, 6) is -0.443. The van der Waals surface area contributed by atoms with Crippen LogP contribution in [0.1, 0.15) is 40.3 Å². The normalized spacial score (nSPS) is 13.8. The quantitative estimate of drug-likeness (QED) is 0.752. The molecule has 1 N–H and O–H groups in total. The number of nitrogens with one attached hydrogen (secondary N) is 1. The van der Waals surface area contributed by atoms with E-state index in [1.54, 1.807) is 33.8 Å². The molecule has 0 atom stereocenters. The molecule has 2 heterocycles. The lowest BCUT2D eigenvalue weighted by Gasteiger charge is -2.22. The summed E-state index contributed by atoms with van der Waals surface area (Å²) < 4.78 is 15.8. The molecule has 1 aliphatic rings. The van der Waals surface area contributed by atoms with Crippen molar-refractivity contribution >= 4 is 5.91 Å². The predicted octanol–water partition coefficient (Wildman–Crippen LogP) is 3.37. The molecule has 0 saturated heterocycles. The Balaban J connectivity index is 1.61. The van der Waals surface area contributed by atoms with Crippen molar-refractivity contribution < 1.29 is 9.18 Å². The number of rotatable bonds is 5. The van der Waals surface area contributed by atoms with Crippen molar-refractivity contribution in [2.24, 2.45) is 7.05 Å². The Labute approximate surface area is 157 Å². The number of nitrogens with zero attached hydrogens (tertiary/aromatic N) is 4. The molecule has 0 unspecified atom stereocenters. The summed E-state index contributed by atoms with van der Waals surface area (Å²) in [5, 5.41) is 11.6. The number of hydrogen-bond donors (Lipinski definition) is 1. The van der Waals surface area contributed by atoms with Crippen LogP contribution in [0.3, 0.4) is 0 Å². The van der Waals surface area contributed by atoms with Gasteiger partial charge in [0.1, 0.15) is 11.5 Å². The average Bonchev–Trinajstić information content (AvgIpc) is 3.31. The lowest BCUT2D eigenvalue weighted by Crippen LogP contribution is -2.33. The molecule has 4 rings (SSSR count). The van der Waals surface area contributed by atoms with Gasteiger partial charge in [0.2, 0.25) is 0 Å². The summed E-state index contributed by atoms with van der Waals surface area (Å²) in [5.41, 5.74) is 4.42. The summed E-state index contributed by atoms with van der Waals surface area (Å²) in [4.78, 5) is 14.8. The minimum Gasteiger partial charge on any atom is -0.330 e. The summed E-state index contributed by atoms with van der Waals surface area (Å²) in [6.45, 7) is 4.16. The molecule has 1 saturated carbocycles. The number of halogens is 1. The number of aromatic amines is 1. The third kappa shape index (κ3) is 3.25. The molecule has 27 heavy (non-hydrogen) atoms. The van der Waals surface area contributed by atoms with Crippen molar-refractivity contribution in [3.8, 4) is 11.3 Å². The third-order valence-corrected chi connectivity index (χ3v) is 5.12. The number of carbonyl (C=O) groups is 1. The first kappa shape index (κ1) is 17.5. The molecule has 6 nitrogen and oxygen atoms in total. The van der Waals surface area contributed by atoms with Gasteiger partial charge in [-0.15, -0.1) is 0 Å². The largest absolute Gasteiger partial charge is 0.330 e. The summed E-state index contributed by atoms with van der Waals surface area (Å²) >= 11 is 0. The Morgan fingerprint density at radius 1 is 1.33 bits per heavy atom. The molecule has 0 radical (unpaired) electrons. The standard InChI is InChI=1S/C20H22FN5O/c1-12-19(13(2)25(3)24-12)17-10-18(23-22-17)20(27)26(15-8-9-15)11-14-6-4-5-7-16(14)21/h4-7,10,15H,8-9,11H2,1-3H3,(H,22,23). The van der Waals surface area contributed by atoms with Crippen molar-refractivity contribution in [3.05, 3.63) is 58.8 Å². The van der Waals surface area contributed by atoms with Gasteiger partial charge in [-0.3, -0.25) is 14.6 Å². The fourth-order valence-electron chi connectivity index (χ4n) is 3.42. The molecular weight excluding hydrogens is 345 g/mol. The van der Waals surface area contributed by atoms with Crippen LogP contribution in [0.4, 0.5) is 4.39 Å². The zero-order valence-corrected chi connectivity index (χ0v) is 15.7. The van der Waals surface area contributed by atoms with Crippen molar-refractivity contribution in [2.75, 3.05) is 0 Å². The monoisotopic (exact) mass is 367 g/mol. The molecule has 7 heteroatoms. The van der Waals surface area contributed by atoms with Crippen LogP contribution < -0.4 is 0 Å². The van der Waals surface area contributed by atoms with Crippen molar-refractivity contribution in [3.63, 3.8) is 0 Å². The lowest BCUT2D eigenvalue weighted by atomic mass is 10.1. The molecule has 1 amide bonds. The minimum atomic E-state index is -0.289. The van der Waals surface area contributed by atoms with Crippen LogP contribution in [-0.2, 0) is 13.6 Å². The second-order valence-corrected chi connectivity index (χ2v) is 7.09. The van der Waals surface area contributed by atoms with Crippen molar-refractivity contribution in [2.45, 2.75) is 39.3 Å². The minimum absolute atomic E-state index is 0.154. The zero-order valence-electron chi connectivity index (χ0n) is 15.7. The Morgan fingerprint density at radius 3 is 2.70 bits per heavy atom. The molecule has 1 aliphatic carbocycles. The Hall–Kier alpha value is -2.96. The van der Waals surface area contributed by atoms with Crippen LogP contribution >= 0.6 is 0 Å². The average molecular weight is 367 g/mol. The van der Waals surface area contributed by atoms with E-state index in [0.717, 1.165) is 29.8 Å². The van der Waals surface area contributed by atoms with Crippen molar-refractivity contribution in [1.82, 2.24) is 24.9 Å². The molecule has 0 aliphatic heterocycles. The van der Waals surface area contributed by atoms with Gasteiger partial charge in [-0.2, -0.15) is 10.2 Å². The van der Waals surface area contributed by atoms with Crippen LogP contribution in [-0.4, -0.2) is 36.8 Å². The molecular formula is C20H22FN5O. The SMILES string of the molecule is Cc1nn(C)c(C)c1-c1cc(C(=O)N(Cc2ccccc2F)C2CC2)[nH]n1. The molecule has 1 aromatic carbocycles. The van der Waals surface area contributed by atoms with Gasteiger partial charge in [0, 0.05) is 36.5 Å². The van der Waals surface area contributed by atoms with Crippen LogP contribution in [0, 0.1) is 19.7 Å². The van der Waals surface area contributed by atoms with Gasteiger partial charge in [-0.1, -0.05) is 18.2 Å². The summed E-state index contributed by atoms with van der Waals surface area (Å²) in [7, 11) is 1.88. The number of carbonyl (C=O) groups excluding carboxylic acids is 1. The maximum atomic E-state index is 14.0. The number of aromatic nitrogens is 4. The smallest absolute Gasteiger partial charge is 0.272 e. The highest BCUT2D eigenvalue weighted by Crippen LogP contribution is 2.31. The van der Waals surface area contributed by atoms with Gasteiger partial charge in [-0.25, -0.2) is 4.39 Å². The maximum Gasteiger partial charge on any atom is 0.272 e. The van der Waals surface area contributed by atoms with Crippen LogP contribution in [0.25, 0.3) is 11.3 Å². The zero-order chi connectivity index (χ0) is 19.1. The fourth-order valence-corrected chi connectivity index (χ4v) is 3.42. The van der Waals surface area contributed by atoms with Gasteiger partial charge in [0.25, 0.3) is 5.91 Å². The number of amides is 1. The molecule has 3 aromatic rings. The first-order valence-electron chi connectivity index (χ1n) is 9.06.